The molecule has 0 saturated carbocycles. The topological polar surface area (TPSA) is 21.3 Å². The van der Waals surface area contributed by atoms with Crippen molar-refractivity contribution >= 4 is 5.69 Å². The summed E-state index contributed by atoms with van der Waals surface area (Å²) in [6.07, 6.45) is 1.03. The lowest BCUT2D eigenvalue weighted by atomic mass is 10.00. The summed E-state index contributed by atoms with van der Waals surface area (Å²) in [5.41, 5.74) is 6.52. The minimum Gasteiger partial charge on any atom is -0.493 e. The third-order valence-corrected chi connectivity index (χ3v) is 3.79. The number of nitrogens with one attached hydrogen (secondary N) is 1. The zero-order chi connectivity index (χ0) is 13.2. The summed E-state index contributed by atoms with van der Waals surface area (Å²) >= 11 is 0. The Kier molecular flexibility index (Phi) is 3.16. The molecule has 0 radical (unpaired) electrons. The minimum absolute atomic E-state index is 0.817. The SMILES string of the molecule is Cc1cc2c(c(C)c1NCc1ccccc1)CCO2. The maximum Gasteiger partial charge on any atom is 0.123 e. The molecule has 2 aromatic rings. The molecule has 0 aliphatic carbocycles. The zero-order valence-corrected chi connectivity index (χ0v) is 11.5. The van der Waals surface area contributed by atoms with Crippen molar-refractivity contribution in [1.29, 1.82) is 0 Å². The number of hydrogen-bond donors (Lipinski definition) is 1. The molecule has 19 heavy (non-hydrogen) atoms. The molecule has 0 spiro atoms. The molecule has 1 aliphatic rings. The Morgan fingerprint density at radius 2 is 1.95 bits per heavy atom. The van der Waals surface area contributed by atoms with Crippen LogP contribution < -0.4 is 10.1 Å². The maximum absolute atomic E-state index is 5.65. The Hall–Kier alpha value is -1.96. The molecule has 0 unspecified atom stereocenters. The van der Waals surface area contributed by atoms with Gasteiger partial charge in [-0.05, 0) is 36.6 Å². The highest BCUT2D eigenvalue weighted by molar-refractivity contribution is 5.64. The molecule has 3 rings (SSSR count). The number of anilines is 1. The van der Waals surface area contributed by atoms with E-state index in [1.165, 1.54) is 27.9 Å². The van der Waals surface area contributed by atoms with Gasteiger partial charge in [0.25, 0.3) is 0 Å². The van der Waals surface area contributed by atoms with Gasteiger partial charge in [0.05, 0.1) is 6.61 Å². The van der Waals surface area contributed by atoms with E-state index in [2.05, 4.69) is 49.5 Å². The van der Waals surface area contributed by atoms with Gasteiger partial charge < -0.3 is 10.1 Å². The van der Waals surface area contributed by atoms with Gasteiger partial charge in [-0.2, -0.15) is 0 Å². The standard InChI is InChI=1S/C17H19NO/c1-12-10-16-15(8-9-19-16)13(2)17(12)18-11-14-6-4-3-5-7-14/h3-7,10,18H,8-9,11H2,1-2H3. The molecule has 0 bridgehead atoms. The van der Waals surface area contributed by atoms with Crippen molar-refractivity contribution in [2.45, 2.75) is 26.8 Å². The van der Waals surface area contributed by atoms with E-state index in [0.29, 0.717) is 0 Å². The molecule has 1 N–H and O–H groups in total. The monoisotopic (exact) mass is 253 g/mol. The number of ether oxygens (including phenoxy) is 1. The Bertz CT molecular complexity index is 590. The fourth-order valence-corrected chi connectivity index (χ4v) is 2.75. The van der Waals surface area contributed by atoms with Crippen molar-refractivity contribution in [1.82, 2.24) is 0 Å². The van der Waals surface area contributed by atoms with Crippen LogP contribution in [0.1, 0.15) is 22.3 Å². The van der Waals surface area contributed by atoms with E-state index in [0.717, 1.165) is 25.3 Å². The lowest BCUT2D eigenvalue weighted by Crippen LogP contribution is -2.04. The van der Waals surface area contributed by atoms with Gasteiger partial charge in [-0.1, -0.05) is 30.3 Å². The zero-order valence-electron chi connectivity index (χ0n) is 11.5. The van der Waals surface area contributed by atoms with Crippen molar-refractivity contribution in [2.24, 2.45) is 0 Å². The number of benzene rings is 2. The Labute approximate surface area is 114 Å². The molecule has 0 amide bonds. The third-order valence-electron chi connectivity index (χ3n) is 3.79. The Morgan fingerprint density at radius 3 is 2.74 bits per heavy atom. The van der Waals surface area contributed by atoms with Crippen molar-refractivity contribution in [2.75, 3.05) is 11.9 Å². The average molecular weight is 253 g/mol. The fraction of sp³-hybridized carbons (Fsp3) is 0.294. The molecule has 2 aromatic carbocycles. The molecule has 0 atom stereocenters. The van der Waals surface area contributed by atoms with Crippen LogP contribution in [0.3, 0.4) is 0 Å². The van der Waals surface area contributed by atoms with Crippen molar-refractivity contribution in [3.8, 4) is 5.75 Å². The predicted octanol–water partition coefficient (Wildman–Crippen LogP) is 3.85. The predicted molar refractivity (Wildman–Crippen MR) is 78.9 cm³/mol. The molecule has 0 aromatic heterocycles. The number of aryl methyl sites for hydroxylation is 1. The van der Waals surface area contributed by atoms with E-state index in [4.69, 9.17) is 4.74 Å². The van der Waals surface area contributed by atoms with Crippen LogP contribution in [0.2, 0.25) is 0 Å². The van der Waals surface area contributed by atoms with E-state index in [1.54, 1.807) is 0 Å². The minimum atomic E-state index is 0.817. The van der Waals surface area contributed by atoms with Crippen LogP contribution >= 0.6 is 0 Å². The lowest BCUT2D eigenvalue weighted by Gasteiger charge is -2.15. The summed E-state index contributed by atoms with van der Waals surface area (Å²) in [7, 11) is 0. The van der Waals surface area contributed by atoms with E-state index < -0.39 is 0 Å². The van der Waals surface area contributed by atoms with Gasteiger partial charge >= 0.3 is 0 Å². The van der Waals surface area contributed by atoms with Crippen LogP contribution in [0.25, 0.3) is 0 Å². The fourth-order valence-electron chi connectivity index (χ4n) is 2.75. The van der Waals surface area contributed by atoms with Crippen molar-refractivity contribution < 1.29 is 4.74 Å². The summed E-state index contributed by atoms with van der Waals surface area (Å²) < 4.78 is 5.65. The normalized spacial score (nSPS) is 12.9. The van der Waals surface area contributed by atoms with Crippen molar-refractivity contribution in [3.63, 3.8) is 0 Å². The van der Waals surface area contributed by atoms with Crippen molar-refractivity contribution in [3.05, 3.63) is 58.7 Å². The van der Waals surface area contributed by atoms with E-state index in [1.807, 2.05) is 6.07 Å². The van der Waals surface area contributed by atoms with Crippen LogP contribution in [0.15, 0.2) is 36.4 Å². The molecule has 1 heterocycles. The second-order valence-electron chi connectivity index (χ2n) is 5.11. The number of rotatable bonds is 3. The summed E-state index contributed by atoms with van der Waals surface area (Å²) in [4.78, 5) is 0. The molecular formula is C17H19NO. The molecule has 0 fully saturated rings. The summed E-state index contributed by atoms with van der Waals surface area (Å²) in [6, 6.07) is 12.7. The first-order valence-electron chi connectivity index (χ1n) is 6.79. The Morgan fingerprint density at radius 1 is 1.16 bits per heavy atom. The first-order valence-corrected chi connectivity index (χ1v) is 6.79. The third kappa shape index (κ3) is 2.30. The summed E-state index contributed by atoms with van der Waals surface area (Å²) in [5, 5.41) is 3.57. The summed E-state index contributed by atoms with van der Waals surface area (Å²) in [6.45, 7) is 6.01. The van der Waals surface area contributed by atoms with Crippen LogP contribution in [0, 0.1) is 13.8 Å². The molecule has 2 heteroatoms. The van der Waals surface area contributed by atoms with Crippen LogP contribution in [-0.4, -0.2) is 6.61 Å². The highest BCUT2D eigenvalue weighted by Gasteiger charge is 2.18. The smallest absolute Gasteiger partial charge is 0.123 e. The quantitative estimate of drug-likeness (QED) is 0.897. The first-order chi connectivity index (χ1) is 9.25. The van der Waals surface area contributed by atoms with Gasteiger partial charge in [0.2, 0.25) is 0 Å². The van der Waals surface area contributed by atoms with Gasteiger partial charge in [-0.3, -0.25) is 0 Å². The molecule has 98 valence electrons. The van der Waals surface area contributed by atoms with E-state index in [9.17, 15) is 0 Å². The molecule has 1 aliphatic heterocycles. The lowest BCUT2D eigenvalue weighted by molar-refractivity contribution is 0.356. The van der Waals surface area contributed by atoms with Crippen LogP contribution in [-0.2, 0) is 13.0 Å². The first kappa shape index (κ1) is 12.1. The van der Waals surface area contributed by atoms with Gasteiger partial charge in [0, 0.05) is 24.2 Å². The largest absolute Gasteiger partial charge is 0.493 e. The molecule has 0 saturated heterocycles. The van der Waals surface area contributed by atoms with Crippen LogP contribution in [0.5, 0.6) is 5.75 Å². The van der Waals surface area contributed by atoms with E-state index in [-0.39, 0.29) is 0 Å². The summed E-state index contributed by atoms with van der Waals surface area (Å²) in [5.74, 6) is 1.07. The number of hydrogen-bond acceptors (Lipinski definition) is 2. The van der Waals surface area contributed by atoms with Gasteiger partial charge in [0.1, 0.15) is 5.75 Å². The molecule has 2 nitrogen and oxygen atoms in total. The van der Waals surface area contributed by atoms with Gasteiger partial charge in [-0.25, -0.2) is 0 Å². The Balaban J connectivity index is 1.85. The maximum atomic E-state index is 5.65. The van der Waals surface area contributed by atoms with Gasteiger partial charge in [-0.15, -0.1) is 0 Å². The van der Waals surface area contributed by atoms with Gasteiger partial charge in [0.15, 0.2) is 0 Å². The second-order valence-corrected chi connectivity index (χ2v) is 5.11. The average Bonchev–Trinajstić information content (AvgIpc) is 2.88. The highest BCUT2D eigenvalue weighted by atomic mass is 16.5. The molecular weight excluding hydrogens is 234 g/mol. The van der Waals surface area contributed by atoms with Crippen LogP contribution in [0.4, 0.5) is 5.69 Å². The highest BCUT2D eigenvalue weighted by Crippen LogP contribution is 2.35. The number of fused-ring (bicyclic) bond motifs is 1. The second kappa shape index (κ2) is 4.96. The van der Waals surface area contributed by atoms with E-state index >= 15 is 0 Å².